The maximum atomic E-state index is 14.4. The topological polar surface area (TPSA) is 227 Å². The number of fused-ring (bicyclic) bond motifs is 2. The molecule has 0 spiro atoms. The predicted octanol–water partition coefficient (Wildman–Crippen LogP) is 6.34. The van der Waals surface area contributed by atoms with Gasteiger partial charge in [0.25, 0.3) is 0 Å². The van der Waals surface area contributed by atoms with Crippen LogP contribution in [-0.2, 0) is 14.3 Å². The summed E-state index contributed by atoms with van der Waals surface area (Å²) in [4.78, 5) is 45.6. The highest BCUT2D eigenvalue weighted by Gasteiger charge is 2.45. The maximum absolute atomic E-state index is 14.4. The van der Waals surface area contributed by atoms with Gasteiger partial charge in [0, 0.05) is 112 Å². The molecule has 388 valence electrons. The molecule has 19 heteroatoms. The van der Waals surface area contributed by atoms with Gasteiger partial charge in [-0.05, 0) is 87.4 Å². The van der Waals surface area contributed by atoms with Crippen molar-refractivity contribution in [2.75, 3.05) is 53.2 Å². The van der Waals surface area contributed by atoms with Crippen LogP contribution in [0.25, 0.3) is 16.9 Å². The van der Waals surface area contributed by atoms with Gasteiger partial charge in [-0.15, -0.1) is 10.2 Å². The first-order valence-electron chi connectivity index (χ1n) is 26.2. The number of hydrogen-bond donors (Lipinski definition) is 4. The number of phenols is 1. The molecule has 11 rings (SSSR count). The number of benzene rings is 2. The smallest absolute Gasteiger partial charge is 0.243 e. The minimum atomic E-state index is -0.822. The van der Waals surface area contributed by atoms with Crippen molar-refractivity contribution in [1.29, 1.82) is 0 Å². The van der Waals surface area contributed by atoms with E-state index in [9.17, 15) is 19.8 Å². The second-order valence-corrected chi connectivity index (χ2v) is 21.1. The molecule has 0 radical (unpaired) electrons. The number of β-amino-alcohol motifs (C(OH)–C–C–N with tert-alkyl or cyclic N) is 1. The number of nitrogens with zero attached hydrogens (tertiary/aromatic N) is 10. The normalized spacial score (nSPS) is 23.8. The molecule has 2 aromatic carbocycles. The quantitative estimate of drug-likeness (QED) is 0.0880. The lowest BCUT2D eigenvalue weighted by Gasteiger charge is -2.43. The molecule has 6 atom stereocenters. The number of para-hydroxylation sites is 1. The Morgan fingerprint density at radius 3 is 2.30 bits per heavy atom. The highest BCUT2D eigenvalue weighted by molar-refractivity contribution is 5.91. The molecule has 74 heavy (non-hydrogen) atoms. The van der Waals surface area contributed by atoms with E-state index < -0.39 is 18.1 Å². The third-order valence-electron chi connectivity index (χ3n) is 15.8. The number of imidazole rings is 1. The number of aromatic hydroxyl groups is 1. The van der Waals surface area contributed by atoms with Gasteiger partial charge in [0.05, 0.1) is 35.7 Å². The van der Waals surface area contributed by atoms with E-state index in [4.69, 9.17) is 19.7 Å². The SMILES string of the molecule is Cc1nccn1-c1ccc([C@H](C)NC(=O)[C@@H]2C[C@@H](O)CN2C(=O)[C@H](c2cc(N3CCC(O[C@H]4C[C@H](Oc5cc(N6C7CCC6CN(c6cc(-c8ccccc8O)nnc6N)C7)ccn5)C4)CC3)no2)C(C)C)cc1. The summed E-state index contributed by atoms with van der Waals surface area (Å²) in [7, 11) is 0. The van der Waals surface area contributed by atoms with Crippen molar-refractivity contribution >= 4 is 34.8 Å². The fourth-order valence-electron chi connectivity index (χ4n) is 11.8. The standard InChI is InChI=1S/C55H66N12O7/c1-32(2)52(55(71)66-31-40(68)24-47(66)54(70)59-33(3)35-9-11-36(12-10-35)65-22-19-57-34(65)4)49-28-50(62-74-49)63-20-16-41(17-21-63)72-42-25-43(26-42)73-51-23-37(15-18-58-51)67-38-13-14-39(67)30-64(29-38)46-27-45(60-61-53(46)56)44-7-5-6-8-48(44)69/h5-12,15,18-19,22-23,27-28,32-33,38-43,47,52,68-69H,13-14,16-17,20-21,24-26,29-31H2,1-4H3,(H2,56,61)(H,59,70)/t33-,38?,39?,40+,42-,43-,47-,52-/m0/s1. The number of nitrogen functional groups attached to an aromatic ring is 1. The number of aliphatic hydroxyl groups is 1. The Bertz CT molecular complexity index is 2940. The number of pyridine rings is 1. The summed E-state index contributed by atoms with van der Waals surface area (Å²) < 4.78 is 20.9. The Morgan fingerprint density at radius 1 is 0.824 bits per heavy atom. The molecule has 8 heterocycles. The zero-order valence-electron chi connectivity index (χ0n) is 42.4. The second-order valence-electron chi connectivity index (χ2n) is 21.1. The molecule has 2 amide bonds. The summed E-state index contributed by atoms with van der Waals surface area (Å²) in [5.41, 5.74) is 11.4. The first-order chi connectivity index (χ1) is 35.8. The number of anilines is 4. The largest absolute Gasteiger partial charge is 0.507 e. The number of hydrogen-bond acceptors (Lipinski definition) is 16. The number of amides is 2. The lowest BCUT2D eigenvalue weighted by molar-refractivity contribution is -0.141. The van der Waals surface area contributed by atoms with Crippen molar-refractivity contribution in [1.82, 2.24) is 40.1 Å². The fourth-order valence-corrected chi connectivity index (χ4v) is 11.8. The van der Waals surface area contributed by atoms with E-state index in [2.05, 4.69) is 57.5 Å². The molecule has 1 saturated carbocycles. The summed E-state index contributed by atoms with van der Waals surface area (Å²) in [5.74, 6) is 1.74. The van der Waals surface area contributed by atoms with Gasteiger partial charge in [-0.1, -0.05) is 43.3 Å². The third-order valence-corrected chi connectivity index (χ3v) is 15.8. The molecule has 4 aliphatic heterocycles. The van der Waals surface area contributed by atoms with Gasteiger partial charge in [0.2, 0.25) is 17.7 Å². The minimum absolute atomic E-state index is 0.0284. The molecule has 6 aromatic rings. The number of carbonyl (C=O) groups is 2. The number of aromatic nitrogens is 6. The van der Waals surface area contributed by atoms with Crippen molar-refractivity contribution in [3.8, 4) is 28.6 Å². The predicted molar refractivity (Wildman–Crippen MR) is 278 cm³/mol. The molecule has 5 fully saturated rings. The van der Waals surface area contributed by atoms with Crippen LogP contribution in [0.4, 0.5) is 23.0 Å². The number of aryl methyl sites for hydroxylation is 1. The van der Waals surface area contributed by atoms with Crippen LogP contribution < -0.4 is 30.5 Å². The van der Waals surface area contributed by atoms with Crippen LogP contribution in [0.2, 0.25) is 0 Å². The van der Waals surface area contributed by atoms with E-state index >= 15 is 0 Å². The van der Waals surface area contributed by atoms with E-state index in [1.165, 1.54) is 4.90 Å². The van der Waals surface area contributed by atoms with Crippen molar-refractivity contribution in [3.63, 3.8) is 0 Å². The zero-order chi connectivity index (χ0) is 51.2. The number of phenolic OH excluding ortho intramolecular Hbond substituents is 1. The lowest BCUT2D eigenvalue weighted by atomic mass is 9.91. The van der Waals surface area contributed by atoms with Gasteiger partial charge in [-0.25, -0.2) is 9.97 Å². The molecule has 2 unspecified atom stereocenters. The number of aliphatic hydroxyl groups excluding tert-OH is 1. The van der Waals surface area contributed by atoms with Gasteiger partial charge in [-0.2, -0.15) is 0 Å². The Kier molecular flexibility index (Phi) is 13.6. The zero-order valence-corrected chi connectivity index (χ0v) is 42.4. The average molecular weight is 1010 g/mol. The monoisotopic (exact) mass is 1010 g/mol. The van der Waals surface area contributed by atoms with Crippen molar-refractivity contribution < 1.29 is 33.8 Å². The molecular weight excluding hydrogens is 941 g/mol. The van der Waals surface area contributed by atoms with Crippen LogP contribution in [0.15, 0.2) is 95.9 Å². The Labute approximate surface area is 430 Å². The number of ether oxygens (including phenoxy) is 2. The molecule has 4 saturated heterocycles. The molecule has 4 aromatic heterocycles. The molecule has 5 N–H and O–H groups in total. The summed E-state index contributed by atoms with van der Waals surface area (Å²) in [5, 5.41) is 37.3. The summed E-state index contributed by atoms with van der Waals surface area (Å²) in [6, 6.07) is 22.4. The van der Waals surface area contributed by atoms with Crippen LogP contribution in [0.1, 0.15) is 94.8 Å². The summed E-state index contributed by atoms with van der Waals surface area (Å²) in [6.07, 6.45) is 10.5. The van der Waals surface area contributed by atoms with Crippen LogP contribution in [0.3, 0.4) is 0 Å². The maximum Gasteiger partial charge on any atom is 0.243 e. The van der Waals surface area contributed by atoms with Crippen LogP contribution >= 0.6 is 0 Å². The van der Waals surface area contributed by atoms with E-state index in [0.717, 1.165) is 93.2 Å². The highest BCUT2D eigenvalue weighted by Crippen LogP contribution is 2.41. The molecule has 2 bridgehead atoms. The summed E-state index contributed by atoms with van der Waals surface area (Å²) >= 11 is 0. The van der Waals surface area contributed by atoms with E-state index in [1.54, 1.807) is 18.3 Å². The van der Waals surface area contributed by atoms with Gasteiger partial charge in [-0.3, -0.25) is 9.59 Å². The molecular formula is C55H66N12O7. The third kappa shape index (κ3) is 9.93. The van der Waals surface area contributed by atoms with E-state index in [1.807, 2.05) is 93.2 Å². The van der Waals surface area contributed by atoms with Crippen LogP contribution in [-0.4, -0.2) is 132 Å². The minimum Gasteiger partial charge on any atom is -0.507 e. The van der Waals surface area contributed by atoms with E-state index in [-0.39, 0.29) is 72.9 Å². The first-order valence-corrected chi connectivity index (χ1v) is 26.2. The second kappa shape index (κ2) is 20.6. The number of likely N-dealkylation sites (tertiary alicyclic amines) is 1. The lowest BCUT2D eigenvalue weighted by Crippen LogP contribution is -2.54. The van der Waals surface area contributed by atoms with Gasteiger partial charge >= 0.3 is 0 Å². The summed E-state index contributed by atoms with van der Waals surface area (Å²) in [6.45, 7) is 10.9. The number of nitrogens with two attached hydrogens (primary N) is 1. The Balaban J connectivity index is 0.642. The van der Waals surface area contributed by atoms with Crippen molar-refractivity contribution in [2.45, 2.75) is 127 Å². The number of piperidine rings is 1. The van der Waals surface area contributed by atoms with Gasteiger partial charge in [0.1, 0.15) is 29.6 Å². The van der Waals surface area contributed by atoms with Gasteiger partial charge in [0.15, 0.2) is 17.4 Å². The van der Waals surface area contributed by atoms with Crippen LogP contribution in [0, 0.1) is 12.8 Å². The Morgan fingerprint density at radius 2 is 1.58 bits per heavy atom. The van der Waals surface area contributed by atoms with Gasteiger partial charge < -0.3 is 59.4 Å². The van der Waals surface area contributed by atoms with Crippen molar-refractivity contribution in [3.05, 3.63) is 109 Å². The number of nitrogens with one attached hydrogen (secondary N) is 1. The van der Waals surface area contributed by atoms with Crippen LogP contribution in [0.5, 0.6) is 11.6 Å². The Hall–Kier alpha value is -7.25. The number of rotatable bonds is 15. The average Bonchev–Trinajstić information content (AvgIpc) is 4.20. The van der Waals surface area contributed by atoms with E-state index in [0.29, 0.717) is 34.5 Å². The molecule has 19 nitrogen and oxygen atoms in total. The number of piperazine rings is 1. The fraction of sp³-hybridized carbons (Fsp3) is 0.473. The highest BCUT2D eigenvalue weighted by atomic mass is 16.5. The molecule has 5 aliphatic rings. The molecule has 1 aliphatic carbocycles. The number of carbonyl (C=O) groups excluding carboxylic acids is 2. The first kappa shape index (κ1) is 49.0. The van der Waals surface area contributed by atoms with Crippen molar-refractivity contribution in [2.24, 2.45) is 5.92 Å².